The highest BCUT2D eigenvalue weighted by atomic mass is 35.5. The van der Waals surface area contributed by atoms with Gasteiger partial charge in [0.15, 0.2) is 0 Å². The molecular weight excluding hydrogens is 290 g/mol. The Hall–Kier alpha value is -1.10. The predicted octanol–water partition coefficient (Wildman–Crippen LogP) is 2.84. The number of β-amino-alcohol motifs (C(OH)–C–C–N with tert-alkyl or cyclic N) is 1. The lowest BCUT2D eigenvalue weighted by molar-refractivity contribution is -0.150. The van der Waals surface area contributed by atoms with Crippen LogP contribution in [0.5, 0.6) is 0 Å². The molecule has 1 aromatic rings. The van der Waals surface area contributed by atoms with Gasteiger partial charge in [0.2, 0.25) is 0 Å². The third-order valence-corrected chi connectivity index (χ3v) is 4.39. The zero-order valence-electron chi connectivity index (χ0n) is 12.3. The largest absolute Gasteiger partial charge is 0.468 e. The lowest BCUT2D eigenvalue weighted by atomic mass is 9.81. The Morgan fingerprint density at radius 2 is 2.14 bits per heavy atom. The van der Waals surface area contributed by atoms with Gasteiger partial charge in [0.05, 0.1) is 13.2 Å². The number of esters is 1. The molecule has 1 unspecified atom stereocenters. The predicted molar refractivity (Wildman–Crippen MR) is 82.2 cm³/mol. The second kappa shape index (κ2) is 7.25. The minimum atomic E-state index is -0.702. The van der Waals surface area contributed by atoms with Crippen molar-refractivity contribution in [3.8, 4) is 0 Å². The normalized spacial score (nSPS) is 19.0. The van der Waals surface area contributed by atoms with E-state index in [1.165, 1.54) is 7.11 Å². The van der Waals surface area contributed by atoms with Crippen LogP contribution >= 0.6 is 11.6 Å². The van der Waals surface area contributed by atoms with E-state index < -0.39 is 11.6 Å². The van der Waals surface area contributed by atoms with Gasteiger partial charge >= 0.3 is 5.97 Å². The molecule has 0 heterocycles. The van der Waals surface area contributed by atoms with Crippen molar-refractivity contribution in [2.24, 2.45) is 0 Å². The molecule has 0 bridgehead atoms. The van der Waals surface area contributed by atoms with Crippen LogP contribution in [-0.4, -0.2) is 30.3 Å². The lowest BCUT2D eigenvalue weighted by Gasteiger charge is -2.36. The summed E-state index contributed by atoms with van der Waals surface area (Å²) in [6.07, 6.45) is 3.93. The Labute approximate surface area is 130 Å². The number of hydrogen-bond donors (Lipinski definition) is 2. The van der Waals surface area contributed by atoms with Crippen LogP contribution in [0.2, 0.25) is 5.02 Å². The quantitative estimate of drug-likeness (QED) is 0.821. The molecule has 0 radical (unpaired) electrons. The van der Waals surface area contributed by atoms with Gasteiger partial charge in [-0.15, -0.1) is 0 Å². The number of aliphatic hydroxyl groups is 1. The summed E-state index contributed by atoms with van der Waals surface area (Å²) in [7, 11) is 1.41. The third kappa shape index (κ3) is 3.96. The smallest absolute Gasteiger partial charge is 0.326 e. The molecule has 1 saturated carbocycles. The molecule has 2 rings (SSSR count). The SMILES string of the molecule is COC(=O)C1(NCC(O)c2cccc(Cl)c2)CCCCC1. The van der Waals surface area contributed by atoms with E-state index >= 15 is 0 Å². The molecule has 2 N–H and O–H groups in total. The number of methoxy groups -OCH3 is 1. The lowest BCUT2D eigenvalue weighted by Crippen LogP contribution is -2.54. The van der Waals surface area contributed by atoms with E-state index in [0.29, 0.717) is 11.6 Å². The first kappa shape index (κ1) is 16.3. The van der Waals surface area contributed by atoms with Crippen LogP contribution in [0.4, 0.5) is 0 Å². The van der Waals surface area contributed by atoms with Gasteiger partial charge in [0.25, 0.3) is 0 Å². The van der Waals surface area contributed by atoms with Gasteiger partial charge in [0, 0.05) is 11.6 Å². The fraction of sp³-hybridized carbons (Fsp3) is 0.562. The summed E-state index contributed by atoms with van der Waals surface area (Å²) in [5.41, 5.74) is 0.0813. The first-order valence-electron chi connectivity index (χ1n) is 7.34. The van der Waals surface area contributed by atoms with Crippen molar-refractivity contribution in [1.29, 1.82) is 0 Å². The van der Waals surface area contributed by atoms with E-state index in [4.69, 9.17) is 16.3 Å². The highest BCUT2D eigenvalue weighted by Crippen LogP contribution is 2.30. The van der Waals surface area contributed by atoms with Crippen LogP contribution in [-0.2, 0) is 9.53 Å². The summed E-state index contributed by atoms with van der Waals surface area (Å²) in [5.74, 6) is -0.236. The van der Waals surface area contributed by atoms with Crippen molar-refractivity contribution >= 4 is 17.6 Å². The van der Waals surface area contributed by atoms with E-state index in [9.17, 15) is 9.90 Å². The Bertz CT molecular complexity index is 486. The second-order valence-corrected chi connectivity index (χ2v) is 6.02. The highest BCUT2D eigenvalue weighted by molar-refractivity contribution is 6.30. The Kier molecular flexibility index (Phi) is 5.62. The molecule has 1 aliphatic rings. The summed E-state index contributed by atoms with van der Waals surface area (Å²) in [6.45, 7) is 0.301. The monoisotopic (exact) mass is 311 g/mol. The number of rotatable bonds is 5. The average Bonchev–Trinajstić information content (AvgIpc) is 2.52. The van der Waals surface area contributed by atoms with Crippen molar-refractivity contribution in [3.63, 3.8) is 0 Å². The standard InChI is InChI=1S/C16H22ClNO3/c1-21-15(20)16(8-3-2-4-9-16)18-11-14(19)12-6-5-7-13(17)10-12/h5-7,10,14,18-19H,2-4,8-9,11H2,1H3. The Morgan fingerprint density at radius 3 is 2.76 bits per heavy atom. The van der Waals surface area contributed by atoms with Crippen molar-refractivity contribution in [1.82, 2.24) is 5.32 Å². The molecule has 1 atom stereocenters. The Balaban J connectivity index is 2.03. The van der Waals surface area contributed by atoms with Crippen LogP contribution in [0.25, 0.3) is 0 Å². The van der Waals surface area contributed by atoms with Gasteiger partial charge < -0.3 is 9.84 Å². The summed E-state index contributed by atoms with van der Waals surface area (Å²) in [4.78, 5) is 12.1. The minimum absolute atomic E-state index is 0.236. The Morgan fingerprint density at radius 1 is 1.43 bits per heavy atom. The number of benzene rings is 1. The van der Waals surface area contributed by atoms with Gasteiger partial charge in [-0.25, -0.2) is 0 Å². The van der Waals surface area contributed by atoms with E-state index in [1.807, 2.05) is 6.07 Å². The molecule has 1 fully saturated rings. The maximum Gasteiger partial charge on any atom is 0.326 e. The van der Waals surface area contributed by atoms with Gasteiger partial charge in [0.1, 0.15) is 5.54 Å². The minimum Gasteiger partial charge on any atom is -0.468 e. The maximum atomic E-state index is 12.1. The van der Waals surface area contributed by atoms with Crippen LogP contribution in [0.3, 0.4) is 0 Å². The molecule has 1 aromatic carbocycles. The molecule has 1 aliphatic carbocycles. The van der Waals surface area contributed by atoms with Gasteiger partial charge in [-0.05, 0) is 30.5 Å². The highest BCUT2D eigenvalue weighted by Gasteiger charge is 2.40. The van der Waals surface area contributed by atoms with E-state index in [2.05, 4.69) is 5.32 Å². The first-order valence-corrected chi connectivity index (χ1v) is 7.72. The molecule has 0 amide bonds. The zero-order valence-corrected chi connectivity index (χ0v) is 13.0. The van der Waals surface area contributed by atoms with Crippen molar-refractivity contribution < 1.29 is 14.6 Å². The molecular formula is C16H22ClNO3. The summed E-state index contributed by atoms with van der Waals surface area (Å²) < 4.78 is 4.95. The van der Waals surface area contributed by atoms with Gasteiger partial charge in [-0.2, -0.15) is 0 Å². The van der Waals surface area contributed by atoms with Gasteiger partial charge in [-0.1, -0.05) is 43.0 Å². The molecule has 0 aromatic heterocycles. The van der Waals surface area contributed by atoms with Crippen molar-refractivity contribution in [2.45, 2.75) is 43.7 Å². The average molecular weight is 312 g/mol. The fourth-order valence-corrected chi connectivity index (χ4v) is 3.13. The zero-order chi connectivity index (χ0) is 15.3. The third-order valence-electron chi connectivity index (χ3n) is 4.15. The first-order chi connectivity index (χ1) is 10.1. The van der Waals surface area contributed by atoms with Crippen molar-refractivity contribution in [2.75, 3.05) is 13.7 Å². The number of carbonyl (C=O) groups excluding carboxylic acids is 1. The number of hydrogen-bond acceptors (Lipinski definition) is 4. The fourth-order valence-electron chi connectivity index (χ4n) is 2.93. The number of nitrogens with one attached hydrogen (secondary N) is 1. The molecule has 116 valence electrons. The molecule has 0 saturated heterocycles. The number of halogens is 1. The molecule has 0 aliphatic heterocycles. The van der Waals surface area contributed by atoms with Crippen LogP contribution in [0, 0.1) is 0 Å². The van der Waals surface area contributed by atoms with Crippen molar-refractivity contribution in [3.05, 3.63) is 34.9 Å². The van der Waals surface area contributed by atoms with Crippen LogP contribution in [0.15, 0.2) is 24.3 Å². The topological polar surface area (TPSA) is 58.6 Å². The van der Waals surface area contributed by atoms with E-state index in [-0.39, 0.29) is 5.97 Å². The van der Waals surface area contributed by atoms with Crippen LogP contribution in [0.1, 0.15) is 43.8 Å². The molecule has 0 spiro atoms. The molecule has 4 nitrogen and oxygen atoms in total. The molecule has 5 heteroatoms. The van der Waals surface area contributed by atoms with Gasteiger partial charge in [-0.3, -0.25) is 10.1 Å². The second-order valence-electron chi connectivity index (χ2n) is 5.59. The summed E-state index contributed by atoms with van der Waals surface area (Å²) in [5, 5.41) is 14.1. The number of carbonyl (C=O) groups is 1. The van der Waals surface area contributed by atoms with Crippen LogP contribution < -0.4 is 5.32 Å². The van der Waals surface area contributed by atoms with E-state index in [0.717, 1.165) is 37.7 Å². The number of aliphatic hydroxyl groups excluding tert-OH is 1. The van der Waals surface area contributed by atoms with E-state index in [1.54, 1.807) is 18.2 Å². The number of ether oxygens (including phenoxy) is 1. The summed E-state index contributed by atoms with van der Waals surface area (Å²) in [6, 6.07) is 7.13. The summed E-state index contributed by atoms with van der Waals surface area (Å²) >= 11 is 5.93. The maximum absolute atomic E-state index is 12.1. The molecule has 21 heavy (non-hydrogen) atoms.